The topological polar surface area (TPSA) is 72.4 Å². The molecule has 0 spiro atoms. The average molecular weight is 571 g/mol. The van der Waals surface area contributed by atoms with Gasteiger partial charge in [0.05, 0.1) is 0 Å². The Hall–Kier alpha value is -2.76. The molecule has 40 heavy (non-hydrogen) atoms. The van der Waals surface area contributed by atoms with E-state index >= 15 is 0 Å². The van der Waals surface area contributed by atoms with Crippen LogP contribution >= 0.6 is 0 Å². The zero-order valence-corrected chi connectivity index (χ0v) is 25.1. The second-order valence-electron chi connectivity index (χ2n) is 10.3. The molecule has 0 aromatic heterocycles. The SMILES string of the molecule is C[O-].C[O-].O=C([O][Ti+2][CH]1CCCC2=C1CC1=C2CCCC1)C(c1ccccc1)(c1ccccc1)c1ccccc1. The van der Waals surface area contributed by atoms with E-state index in [-0.39, 0.29) is 5.97 Å². The normalized spacial score (nSPS) is 17.8. The van der Waals surface area contributed by atoms with Crippen molar-refractivity contribution in [2.24, 2.45) is 0 Å². The third kappa shape index (κ3) is 5.96. The first-order chi connectivity index (χ1) is 19.8. The number of carbonyl (C=O) groups is 1. The van der Waals surface area contributed by atoms with Crippen LogP contribution in [-0.2, 0) is 33.1 Å². The first-order valence-electron chi connectivity index (χ1n) is 14.2. The molecule has 6 rings (SSSR count). The summed E-state index contributed by atoms with van der Waals surface area (Å²) in [6, 6.07) is 30.5. The van der Waals surface area contributed by atoms with Gasteiger partial charge in [-0.2, -0.15) is 14.2 Å². The van der Waals surface area contributed by atoms with Crippen LogP contribution in [0, 0.1) is 0 Å². The minimum atomic E-state index is -0.980. The number of hydrogen-bond acceptors (Lipinski definition) is 4. The van der Waals surface area contributed by atoms with Gasteiger partial charge in [-0.25, -0.2) is 0 Å². The van der Waals surface area contributed by atoms with Gasteiger partial charge >= 0.3 is 225 Å². The van der Waals surface area contributed by atoms with Crippen molar-refractivity contribution in [1.29, 1.82) is 0 Å². The van der Waals surface area contributed by atoms with E-state index in [0.29, 0.717) is 4.22 Å². The summed E-state index contributed by atoms with van der Waals surface area (Å²) >= 11 is -0.944. The average Bonchev–Trinajstić information content (AvgIpc) is 3.43. The second-order valence-corrected chi connectivity index (χ2v) is 12.0. The molecule has 3 aromatic rings. The van der Waals surface area contributed by atoms with E-state index in [2.05, 4.69) is 36.4 Å². The van der Waals surface area contributed by atoms with E-state index in [1.54, 1.807) is 22.3 Å². The Morgan fingerprint density at radius 3 is 1.70 bits per heavy atom. The molecule has 0 fully saturated rings. The van der Waals surface area contributed by atoms with Crippen LogP contribution in [0.5, 0.6) is 0 Å². The van der Waals surface area contributed by atoms with Crippen molar-refractivity contribution in [3.8, 4) is 0 Å². The standard InChI is InChI=1S/C20H16O2.C13H17.2CH3O.Ti/c21-19(22)20(16-10-4-1-5-11-16,17-12-6-2-7-13-17)18-14-8-3-9-15-18;1-3-7-12-10(5-1)9-11-6-2-4-8-13(11)12;2*1-2;/h1-15H,(H,21,22);5H,1-4,6-9H2;2*1H3;/q;;2*-1;+3/p-1. The van der Waals surface area contributed by atoms with E-state index in [0.717, 1.165) is 37.3 Å². The zero-order chi connectivity index (χ0) is 28.4. The molecule has 0 aliphatic heterocycles. The Balaban J connectivity index is 0.000000886. The maximum absolute atomic E-state index is 14.4. The number of carbonyl (C=O) groups excluding carboxylic acids is 1. The van der Waals surface area contributed by atoms with E-state index in [1.807, 2.05) is 54.6 Å². The number of fused-ring (bicyclic) bond motifs is 1. The molecule has 206 valence electrons. The van der Waals surface area contributed by atoms with Gasteiger partial charge in [-0.3, -0.25) is 0 Å². The molecule has 0 saturated carbocycles. The van der Waals surface area contributed by atoms with Gasteiger partial charge in [0.2, 0.25) is 0 Å². The predicted octanol–water partition coefficient (Wildman–Crippen LogP) is 6.06. The molecule has 0 heterocycles. The fourth-order valence-electron chi connectivity index (χ4n) is 6.61. The first-order valence-corrected chi connectivity index (χ1v) is 15.7. The Kier molecular flexibility index (Phi) is 11.1. The Morgan fingerprint density at radius 2 is 1.18 bits per heavy atom. The van der Waals surface area contributed by atoms with Crippen LogP contribution < -0.4 is 10.2 Å². The Bertz CT molecular complexity index is 1200. The van der Waals surface area contributed by atoms with Crippen LogP contribution in [0.2, 0.25) is 4.22 Å². The summed E-state index contributed by atoms with van der Waals surface area (Å²) in [6.45, 7) is 0. The van der Waals surface area contributed by atoms with Gasteiger partial charge in [0.15, 0.2) is 0 Å². The minimum absolute atomic E-state index is 0.130. The van der Waals surface area contributed by atoms with Gasteiger partial charge in [-0.05, 0) is 0 Å². The van der Waals surface area contributed by atoms with Gasteiger partial charge in [0, 0.05) is 0 Å². The summed E-state index contributed by atoms with van der Waals surface area (Å²) in [4.78, 5) is 14.4. The molecule has 0 amide bonds. The van der Waals surface area contributed by atoms with Crippen molar-refractivity contribution in [2.75, 3.05) is 14.2 Å². The van der Waals surface area contributed by atoms with E-state index in [4.69, 9.17) is 13.5 Å². The van der Waals surface area contributed by atoms with Gasteiger partial charge in [0.25, 0.3) is 0 Å². The third-order valence-corrected chi connectivity index (χ3v) is 10.2. The van der Waals surface area contributed by atoms with Crippen molar-refractivity contribution >= 4 is 5.97 Å². The van der Waals surface area contributed by atoms with Gasteiger partial charge in [-0.15, -0.1) is 0 Å². The molecule has 0 bridgehead atoms. The summed E-state index contributed by atoms with van der Waals surface area (Å²) < 4.78 is 6.97. The van der Waals surface area contributed by atoms with E-state index in [1.165, 1.54) is 44.9 Å². The van der Waals surface area contributed by atoms with Crippen molar-refractivity contribution in [1.82, 2.24) is 0 Å². The molecular formula is C35H38O4Ti. The molecule has 5 heteroatoms. The van der Waals surface area contributed by atoms with Crippen molar-refractivity contribution in [3.05, 3.63) is 130 Å². The molecular weight excluding hydrogens is 532 g/mol. The second kappa shape index (κ2) is 14.8. The number of rotatable bonds is 6. The molecule has 0 N–H and O–H groups in total. The van der Waals surface area contributed by atoms with E-state index < -0.39 is 25.0 Å². The number of hydrogen-bond donors (Lipinski definition) is 0. The van der Waals surface area contributed by atoms with Gasteiger partial charge in [-0.1, -0.05) is 0 Å². The van der Waals surface area contributed by atoms with Crippen molar-refractivity contribution in [3.63, 3.8) is 0 Å². The first kappa shape index (κ1) is 30.2. The summed E-state index contributed by atoms with van der Waals surface area (Å²) in [5.41, 5.74) is 8.56. The molecule has 4 nitrogen and oxygen atoms in total. The van der Waals surface area contributed by atoms with Crippen molar-refractivity contribution < 1.29 is 37.9 Å². The molecule has 0 radical (unpaired) electrons. The summed E-state index contributed by atoms with van der Waals surface area (Å²) in [6.07, 6.45) is 9.98. The molecule has 3 aliphatic carbocycles. The third-order valence-electron chi connectivity index (χ3n) is 8.30. The van der Waals surface area contributed by atoms with Gasteiger partial charge < -0.3 is 10.2 Å². The molecule has 3 aliphatic rings. The fraction of sp³-hybridized carbons (Fsp3) is 0.343. The quantitative estimate of drug-likeness (QED) is 0.267. The Labute approximate surface area is 248 Å². The zero-order valence-electron chi connectivity index (χ0n) is 23.5. The molecule has 1 unspecified atom stereocenters. The van der Waals surface area contributed by atoms with Crippen LogP contribution in [0.3, 0.4) is 0 Å². The van der Waals surface area contributed by atoms with E-state index in [9.17, 15) is 4.79 Å². The van der Waals surface area contributed by atoms with Crippen LogP contribution in [-0.4, -0.2) is 20.2 Å². The summed E-state index contributed by atoms with van der Waals surface area (Å²) in [7, 11) is 1.50. The fourth-order valence-corrected chi connectivity index (χ4v) is 8.39. The summed E-state index contributed by atoms with van der Waals surface area (Å²) in [5.74, 6) is -0.130. The molecule has 0 saturated heterocycles. The van der Waals surface area contributed by atoms with Crippen LogP contribution in [0.25, 0.3) is 0 Å². The summed E-state index contributed by atoms with van der Waals surface area (Å²) in [5, 5.41) is 16.5. The molecule has 3 aromatic carbocycles. The van der Waals surface area contributed by atoms with Crippen LogP contribution in [0.1, 0.15) is 68.1 Å². The van der Waals surface area contributed by atoms with Gasteiger partial charge in [0.1, 0.15) is 0 Å². The molecule has 1 atom stereocenters. The maximum atomic E-state index is 14.4. The number of benzene rings is 3. The predicted molar refractivity (Wildman–Crippen MR) is 152 cm³/mol. The number of allylic oxidation sites excluding steroid dienone is 4. The monoisotopic (exact) mass is 570 g/mol. The van der Waals surface area contributed by atoms with Crippen LogP contribution in [0.4, 0.5) is 0 Å². The Morgan fingerprint density at radius 1 is 0.700 bits per heavy atom. The van der Waals surface area contributed by atoms with Crippen molar-refractivity contribution in [2.45, 2.75) is 61.0 Å². The van der Waals surface area contributed by atoms with Crippen LogP contribution in [0.15, 0.2) is 113 Å².